The Morgan fingerprint density at radius 1 is 1.55 bits per heavy atom. The van der Waals surface area contributed by atoms with E-state index in [1.54, 1.807) is 0 Å². The summed E-state index contributed by atoms with van der Waals surface area (Å²) in [6.45, 7) is 4.16. The summed E-state index contributed by atoms with van der Waals surface area (Å²) in [5, 5.41) is 3.05. The summed E-state index contributed by atoms with van der Waals surface area (Å²) in [6.07, 6.45) is 5.20. The van der Waals surface area contributed by atoms with Gasteiger partial charge in [0.25, 0.3) is 0 Å². The van der Waals surface area contributed by atoms with E-state index in [9.17, 15) is 4.79 Å². The largest absolute Gasteiger partial charge is 0.351 e. The molecule has 0 aliphatic heterocycles. The van der Waals surface area contributed by atoms with Crippen molar-refractivity contribution in [3.8, 4) is 0 Å². The van der Waals surface area contributed by atoms with Crippen molar-refractivity contribution >= 4 is 5.91 Å². The second kappa shape index (κ2) is 3.24. The first-order valence-corrected chi connectivity index (χ1v) is 4.47. The molecule has 1 aliphatic carbocycles. The molecule has 0 spiro atoms. The van der Waals surface area contributed by atoms with Crippen molar-refractivity contribution in [3.63, 3.8) is 0 Å². The number of hydrogen-bond donors (Lipinski definition) is 1. The van der Waals surface area contributed by atoms with Gasteiger partial charge in [0.15, 0.2) is 0 Å². The monoisotopic (exact) mass is 155 g/mol. The van der Waals surface area contributed by atoms with Crippen molar-refractivity contribution < 1.29 is 4.79 Å². The maximum Gasteiger partial charge on any atom is 0.220 e. The Kier molecular flexibility index (Phi) is 2.53. The fourth-order valence-corrected chi connectivity index (χ4v) is 1.46. The Labute approximate surface area is 68.4 Å². The van der Waals surface area contributed by atoms with E-state index in [1.165, 1.54) is 6.42 Å². The van der Waals surface area contributed by atoms with Crippen LogP contribution in [0.4, 0.5) is 0 Å². The lowest BCUT2D eigenvalue weighted by Gasteiger charge is -2.39. The van der Waals surface area contributed by atoms with Crippen molar-refractivity contribution in [2.75, 3.05) is 0 Å². The summed E-state index contributed by atoms with van der Waals surface area (Å²) >= 11 is 0. The molecule has 2 nitrogen and oxygen atoms in total. The van der Waals surface area contributed by atoms with E-state index in [0.717, 1.165) is 19.3 Å². The van der Waals surface area contributed by atoms with E-state index in [0.29, 0.717) is 6.42 Å². The summed E-state index contributed by atoms with van der Waals surface area (Å²) in [6, 6.07) is 0. The first-order valence-electron chi connectivity index (χ1n) is 4.47. The molecular weight excluding hydrogens is 138 g/mol. The summed E-state index contributed by atoms with van der Waals surface area (Å²) in [7, 11) is 0. The Hall–Kier alpha value is -0.530. The predicted molar refractivity (Wildman–Crippen MR) is 45.3 cm³/mol. The molecule has 1 aliphatic rings. The predicted octanol–water partition coefficient (Wildman–Crippen LogP) is 1.85. The molecule has 1 rings (SSSR count). The summed E-state index contributed by atoms with van der Waals surface area (Å²) in [4.78, 5) is 11.1. The third kappa shape index (κ3) is 2.21. The first kappa shape index (κ1) is 8.57. The topological polar surface area (TPSA) is 29.1 Å². The molecule has 1 amide bonds. The molecule has 1 fully saturated rings. The van der Waals surface area contributed by atoms with Crippen LogP contribution in [-0.4, -0.2) is 11.4 Å². The second-order valence-corrected chi connectivity index (χ2v) is 3.71. The van der Waals surface area contributed by atoms with Gasteiger partial charge in [-0.1, -0.05) is 6.92 Å². The molecule has 0 unspecified atom stereocenters. The van der Waals surface area contributed by atoms with Crippen LogP contribution < -0.4 is 5.32 Å². The van der Waals surface area contributed by atoms with Gasteiger partial charge in [-0.25, -0.2) is 0 Å². The Balaban J connectivity index is 2.23. The standard InChI is InChI=1S/C9H17NO/c1-3-5-8(11)10-9(2)6-4-7-9/h3-7H2,1-2H3,(H,10,11). The van der Waals surface area contributed by atoms with Crippen LogP contribution >= 0.6 is 0 Å². The van der Waals surface area contributed by atoms with Crippen LogP contribution in [0.1, 0.15) is 46.0 Å². The number of carbonyl (C=O) groups is 1. The molecule has 0 radical (unpaired) electrons. The SMILES string of the molecule is CCCC(=O)NC1(C)CCC1. The van der Waals surface area contributed by atoms with Crippen molar-refractivity contribution in [3.05, 3.63) is 0 Å². The van der Waals surface area contributed by atoms with Crippen LogP contribution in [0.2, 0.25) is 0 Å². The molecule has 2 heteroatoms. The maximum absolute atomic E-state index is 11.1. The van der Waals surface area contributed by atoms with E-state index < -0.39 is 0 Å². The van der Waals surface area contributed by atoms with E-state index in [1.807, 2.05) is 6.92 Å². The number of hydrogen-bond acceptors (Lipinski definition) is 1. The van der Waals surface area contributed by atoms with Crippen molar-refractivity contribution in [1.29, 1.82) is 0 Å². The minimum Gasteiger partial charge on any atom is -0.351 e. The highest BCUT2D eigenvalue weighted by Gasteiger charge is 2.32. The highest BCUT2D eigenvalue weighted by molar-refractivity contribution is 5.76. The maximum atomic E-state index is 11.1. The van der Waals surface area contributed by atoms with E-state index >= 15 is 0 Å². The lowest BCUT2D eigenvalue weighted by molar-refractivity contribution is -0.123. The highest BCUT2D eigenvalue weighted by Crippen LogP contribution is 2.30. The Bertz CT molecular complexity index is 150. The molecule has 1 N–H and O–H groups in total. The molecule has 0 saturated heterocycles. The second-order valence-electron chi connectivity index (χ2n) is 3.71. The molecule has 64 valence electrons. The minimum absolute atomic E-state index is 0.145. The van der Waals surface area contributed by atoms with E-state index in [4.69, 9.17) is 0 Å². The zero-order valence-electron chi connectivity index (χ0n) is 7.44. The third-order valence-electron chi connectivity index (χ3n) is 2.38. The fraction of sp³-hybridized carbons (Fsp3) is 0.889. The molecular formula is C9H17NO. The minimum atomic E-state index is 0.145. The smallest absolute Gasteiger partial charge is 0.220 e. The quantitative estimate of drug-likeness (QED) is 0.662. The molecule has 11 heavy (non-hydrogen) atoms. The van der Waals surface area contributed by atoms with Gasteiger partial charge in [-0.3, -0.25) is 4.79 Å². The number of nitrogens with one attached hydrogen (secondary N) is 1. The van der Waals surface area contributed by atoms with Gasteiger partial charge in [-0.2, -0.15) is 0 Å². The summed E-state index contributed by atoms with van der Waals surface area (Å²) < 4.78 is 0. The van der Waals surface area contributed by atoms with Crippen molar-refractivity contribution in [1.82, 2.24) is 5.32 Å². The molecule has 1 saturated carbocycles. The normalized spacial score (nSPS) is 20.5. The molecule has 0 aromatic rings. The molecule has 0 aromatic carbocycles. The number of rotatable bonds is 3. The summed E-state index contributed by atoms with van der Waals surface area (Å²) in [5.74, 6) is 0.217. The molecule has 0 aromatic heterocycles. The van der Waals surface area contributed by atoms with Gasteiger partial charge in [0.05, 0.1) is 0 Å². The Morgan fingerprint density at radius 2 is 2.18 bits per heavy atom. The summed E-state index contributed by atoms with van der Waals surface area (Å²) in [5.41, 5.74) is 0.145. The molecule has 0 bridgehead atoms. The van der Waals surface area contributed by atoms with Gasteiger partial charge in [0.1, 0.15) is 0 Å². The van der Waals surface area contributed by atoms with Gasteiger partial charge in [0, 0.05) is 12.0 Å². The molecule has 0 atom stereocenters. The van der Waals surface area contributed by atoms with Gasteiger partial charge in [0.2, 0.25) is 5.91 Å². The van der Waals surface area contributed by atoms with Crippen LogP contribution in [-0.2, 0) is 4.79 Å². The zero-order valence-corrected chi connectivity index (χ0v) is 7.44. The van der Waals surface area contributed by atoms with Crippen molar-refractivity contribution in [2.45, 2.75) is 51.5 Å². The van der Waals surface area contributed by atoms with Gasteiger partial charge >= 0.3 is 0 Å². The van der Waals surface area contributed by atoms with Crippen LogP contribution in [0.25, 0.3) is 0 Å². The van der Waals surface area contributed by atoms with Crippen molar-refractivity contribution in [2.24, 2.45) is 0 Å². The van der Waals surface area contributed by atoms with Crippen LogP contribution in [0.3, 0.4) is 0 Å². The lowest BCUT2D eigenvalue weighted by atomic mass is 9.78. The Morgan fingerprint density at radius 3 is 2.55 bits per heavy atom. The lowest BCUT2D eigenvalue weighted by Crippen LogP contribution is -2.50. The highest BCUT2D eigenvalue weighted by atomic mass is 16.1. The van der Waals surface area contributed by atoms with E-state index in [2.05, 4.69) is 12.2 Å². The van der Waals surface area contributed by atoms with Gasteiger partial charge in [-0.15, -0.1) is 0 Å². The average molecular weight is 155 g/mol. The zero-order chi connectivity index (χ0) is 8.32. The molecule has 0 heterocycles. The van der Waals surface area contributed by atoms with Gasteiger partial charge < -0.3 is 5.32 Å². The third-order valence-corrected chi connectivity index (χ3v) is 2.38. The average Bonchev–Trinajstić information content (AvgIpc) is 1.85. The van der Waals surface area contributed by atoms with E-state index in [-0.39, 0.29) is 11.4 Å². The first-order chi connectivity index (χ1) is 5.16. The fourth-order valence-electron chi connectivity index (χ4n) is 1.46. The van der Waals surface area contributed by atoms with Crippen LogP contribution in [0.5, 0.6) is 0 Å². The van der Waals surface area contributed by atoms with Crippen LogP contribution in [0.15, 0.2) is 0 Å². The van der Waals surface area contributed by atoms with Crippen LogP contribution in [0, 0.1) is 0 Å². The van der Waals surface area contributed by atoms with Gasteiger partial charge in [-0.05, 0) is 32.6 Å². The number of carbonyl (C=O) groups excluding carboxylic acids is 1. The number of amides is 1.